The Bertz CT molecular complexity index is 792. The molecular formula is C14H13BrN2O4S. The standard InChI is InChI=1S/C14H13BrN2O4S/c1-21-13-8-11(15)7-10(14(13)18)9-16-17-22(19,20)12-5-3-2-4-6-12/h2-9,17-18H,1H3/b16-9+. The predicted molar refractivity (Wildman–Crippen MR) is 86.7 cm³/mol. The van der Waals surface area contributed by atoms with Crippen LogP contribution in [0.25, 0.3) is 0 Å². The Balaban J connectivity index is 2.22. The van der Waals surface area contributed by atoms with Gasteiger partial charge in [-0.2, -0.15) is 13.5 Å². The number of hydrogen-bond donors (Lipinski definition) is 2. The molecule has 0 saturated heterocycles. The Morgan fingerprint density at radius 2 is 1.95 bits per heavy atom. The number of rotatable bonds is 5. The van der Waals surface area contributed by atoms with E-state index in [9.17, 15) is 13.5 Å². The highest BCUT2D eigenvalue weighted by Gasteiger charge is 2.12. The van der Waals surface area contributed by atoms with Crippen LogP contribution in [0.1, 0.15) is 5.56 Å². The van der Waals surface area contributed by atoms with Gasteiger partial charge in [-0.25, -0.2) is 4.83 Å². The van der Waals surface area contributed by atoms with Crippen LogP contribution in [0, 0.1) is 0 Å². The van der Waals surface area contributed by atoms with E-state index in [2.05, 4.69) is 25.9 Å². The molecule has 0 aromatic heterocycles. The van der Waals surface area contributed by atoms with Crippen molar-refractivity contribution in [3.8, 4) is 11.5 Å². The van der Waals surface area contributed by atoms with Crippen molar-refractivity contribution in [3.05, 3.63) is 52.5 Å². The number of aromatic hydroxyl groups is 1. The highest BCUT2D eigenvalue weighted by atomic mass is 79.9. The van der Waals surface area contributed by atoms with Crippen LogP contribution >= 0.6 is 15.9 Å². The van der Waals surface area contributed by atoms with Crippen molar-refractivity contribution in [1.29, 1.82) is 0 Å². The van der Waals surface area contributed by atoms with Gasteiger partial charge in [0.1, 0.15) is 0 Å². The fraction of sp³-hybridized carbons (Fsp3) is 0.0714. The summed E-state index contributed by atoms with van der Waals surface area (Å²) in [5, 5.41) is 13.6. The minimum Gasteiger partial charge on any atom is -0.504 e. The molecule has 2 N–H and O–H groups in total. The number of methoxy groups -OCH3 is 1. The van der Waals surface area contributed by atoms with Gasteiger partial charge in [-0.3, -0.25) is 0 Å². The highest BCUT2D eigenvalue weighted by molar-refractivity contribution is 9.10. The second-order valence-electron chi connectivity index (χ2n) is 4.21. The molecule has 0 heterocycles. The maximum Gasteiger partial charge on any atom is 0.276 e. The maximum absolute atomic E-state index is 12.0. The van der Waals surface area contributed by atoms with E-state index in [1.54, 1.807) is 30.3 Å². The third-order valence-corrected chi connectivity index (χ3v) is 4.42. The predicted octanol–water partition coefficient (Wildman–Crippen LogP) is 2.48. The Morgan fingerprint density at radius 3 is 2.59 bits per heavy atom. The van der Waals surface area contributed by atoms with Gasteiger partial charge in [0, 0.05) is 10.0 Å². The molecule has 116 valence electrons. The van der Waals surface area contributed by atoms with Gasteiger partial charge in [0.25, 0.3) is 10.0 Å². The van der Waals surface area contributed by atoms with Crippen LogP contribution in [0.15, 0.2) is 56.9 Å². The van der Waals surface area contributed by atoms with Crippen LogP contribution in [0.5, 0.6) is 11.5 Å². The zero-order valence-electron chi connectivity index (χ0n) is 11.5. The number of hydrazone groups is 1. The first kappa shape index (κ1) is 16.3. The summed E-state index contributed by atoms with van der Waals surface area (Å²) < 4.78 is 29.6. The van der Waals surface area contributed by atoms with Crippen LogP contribution in [0.4, 0.5) is 0 Å². The van der Waals surface area contributed by atoms with Crippen molar-refractivity contribution >= 4 is 32.2 Å². The Hall–Kier alpha value is -2.06. The molecule has 0 fully saturated rings. The first-order valence-corrected chi connectivity index (χ1v) is 8.38. The Labute approximate surface area is 136 Å². The van der Waals surface area contributed by atoms with E-state index < -0.39 is 10.0 Å². The Morgan fingerprint density at radius 1 is 1.27 bits per heavy atom. The fourth-order valence-corrected chi connectivity index (χ4v) is 2.93. The SMILES string of the molecule is COc1cc(Br)cc(/C=N/NS(=O)(=O)c2ccccc2)c1O. The van der Waals surface area contributed by atoms with E-state index in [1.807, 2.05) is 0 Å². The average Bonchev–Trinajstić information content (AvgIpc) is 2.51. The molecule has 2 rings (SSSR count). The number of hydrogen-bond acceptors (Lipinski definition) is 5. The van der Waals surface area contributed by atoms with E-state index in [-0.39, 0.29) is 16.4 Å². The summed E-state index contributed by atoms with van der Waals surface area (Å²) in [5.74, 6) is 0.120. The van der Waals surface area contributed by atoms with E-state index in [1.165, 1.54) is 25.5 Å². The van der Waals surface area contributed by atoms with E-state index >= 15 is 0 Å². The van der Waals surface area contributed by atoms with Crippen molar-refractivity contribution in [3.63, 3.8) is 0 Å². The largest absolute Gasteiger partial charge is 0.504 e. The summed E-state index contributed by atoms with van der Waals surface area (Å²) in [6.07, 6.45) is 1.20. The van der Waals surface area contributed by atoms with Crippen LogP contribution in [-0.2, 0) is 10.0 Å². The molecule has 0 saturated carbocycles. The summed E-state index contributed by atoms with van der Waals surface area (Å²) in [5.41, 5.74) is 0.307. The molecule has 0 bridgehead atoms. The first-order chi connectivity index (χ1) is 10.4. The molecule has 2 aromatic rings. The van der Waals surface area contributed by atoms with Gasteiger partial charge < -0.3 is 9.84 Å². The molecule has 0 spiro atoms. The van der Waals surface area contributed by atoms with E-state index in [4.69, 9.17) is 4.74 Å². The molecule has 22 heavy (non-hydrogen) atoms. The number of halogens is 1. The average molecular weight is 385 g/mol. The number of ether oxygens (including phenoxy) is 1. The highest BCUT2D eigenvalue weighted by Crippen LogP contribution is 2.32. The lowest BCUT2D eigenvalue weighted by molar-refractivity contribution is 0.373. The molecule has 0 aliphatic rings. The summed E-state index contributed by atoms with van der Waals surface area (Å²) in [6.45, 7) is 0. The molecule has 2 aromatic carbocycles. The van der Waals surface area contributed by atoms with Crippen LogP contribution in [0.3, 0.4) is 0 Å². The van der Waals surface area contributed by atoms with Gasteiger partial charge in [-0.05, 0) is 24.3 Å². The summed E-state index contributed by atoms with van der Waals surface area (Å²) in [4.78, 5) is 2.18. The minimum atomic E-state index is -3.74. The topological polar surface area (TPSA) is 88.0 Å². The van der Waals surface area contributed by atoms with Gasteiger partial charge in [0.15, 0.2) is 11.5 Å². The normalized spacial score (nSPS) is 11.5. The smallest absolute Gasteiger partial charge is 0.276 e. The van der Waals surface area contributed by atoms with Crippen molar-refractivity contribution < 1.29 is 18.3 Å². The zero-order valence-corrected chi connectivity index (χ0v) is 13.9. The third-order valence-electron chi connectivity index (χ3n) is 2.72. The maximum atomic E-state index is 12.0. The number of sulfonamides is 1. The van der Waals surface area contributed by atoms with Gasteiger partial charge in [0.05, 0.1) is 18.2 Å². The van der Waals surface area contributed by atoms with Gasteiger partial charge in [-0.1, -0.05) is 34.1 Å². The fourth-order valence-electron chi connectivity index (χ4n) is 1.67. The summed E-state index contributed by atoms with van der Waals surface area (Å²) >= 11 is 3.26. The lowest BCUT2D eigenvalue weighted by Crippen LogP contribution is -2.18. The Kier molecular flexibility index (Phi) is 5.04. The lowest BCUT2D eigenvalue weighted by Gasteiger charge is -2.07. The number of phenols is 1. The number of nitrogens with one attached hydrogen (secondary N) is 1. The summed E-state index contributed by atoms with van der Waals surface area (Å²) in [6, 6.07) is 11.0. The molecule has 0 atom stereocenters. The zero-order chi connectivity index (χ0) is 16.2. The quantitative estimate of drug-likeness (QED) is 0.612. The minimum absolute atomic E-state index is 0.100. The first-order valence-electron chi connectivity index (χ1n) is 6.10. The number of benzene rings is 2. The monoisotopic (exact) mass is 384 g/mol. The van der Waals surface area contributed by atoms with Crippen molar-refractivity contribution in [1.82, 2.24) is 4.83 Å². The van der Waals surface area contributed by atoms with Gasteiger partial charge in [-0.15, -0.1) is 0 Å². The van der Waals surface area contributed by atoms with Crippen LogP contribution in [-0.4, -0.2) is 26.8 Å². The van der Waals surface area contributed by atoms with Crippen LogP contribution in [0.2, 0.25) is 0 Å². The lowest BCUT2D eigenvalue weighted by atomic mass is 10.2. The molecule has 0 aliphatic heterocycles. The molecular weight excluding hydrogens is 372 g/mol. The molecule has 0 amide bonds. The van der Waals surface area contributed by atoms with Crippen LogP contribution < -0.4 is 9.57 Å². The molecule has 6 nitrogen and oxygen atoms in total. The second-order valence-corrected chi connectivity index (χ2v) is 6.79. The van der Waals surface area contributed by atoms with Crippen molar-refractivity contribution in [2.75, 3.05) is 7.11 Å². The third kappa shape index (κ3) is 3.77. The molecule has 0 radical (unpaired) electrons. The van der Waals surface area contributed by atoms with E-state index in [0.717, 1.165) is 0 Å². The van der Waals surface area contributed by atoms with Crippen molar-refractivity contribution in [2.45, 2.75) is 4.90 Å². The van der Waals surface area contributed by atoms with Gasteiger partial charge in [0.2, 0.25) is 0 Å². The van der Waals surface area contributed by atoms with E-state index in [0.29, 0.717) is 10.0 Å². The van der Waals surface area contributed by atoms with Gasteiger partial charge >= 0.3 is 0 Å². The molecule has 8 heteroatoms. The summed E-state index contributed by atoms with van der Waals surface area (Å²) in [7, 11) is -2.32. The number of phenolic OH excluding ortho intramolecular Hbond substituents is 1. The molecule has 0 unspecified atom stereocenters. The number of nitrogens with zero attached hydrogens (tertiary/aromatic N) is 1. The second kappa shape index (κ2) is 6.80. The van der Waals surface area contributed by atoms with Crippen molar-refractivity contribution in [2.24, 2.45) is 5.10 Å². The molecule has 0 aliphatic carbocycles.